The van der Waals surface area contributed by atoms with Crippen molar-refractivity contribution >= 4 is 0 Å². The molecule has 0 radical (unpaired) electrons. The quantitative estimate of drug-likeness (QED) is 0.844. The summed E-state index contributed by atoms with van der Waals surface area (Å²) in [4.78, 5) is 0. The van der Waals surface area contributed by atoms with E-state index in [1.165, 1.54) is 25.7 Å². The SMILES string of the molecule is CCC1CCCC1NCc1ccc(OC(F)F)cc1. The standard InChI is InChI=1S/C15H21F2NO/c1-2-12-4-3-5-14(12)18-10-11-6-8-13(9-7-11)19-15(16)17/h6-9,12,14-15,18H,2-5,10H2,1H3. The van der Waals surface area contributed by atoms with E-state index in [1.807, 2.05) is 12.1 Å². The Morgan fingerprint density at radius 1 is 1.26 bits per heavy atom. The van der Waals surface area contributed by atoms with Crippen LogP contribution in [0.4, 0.5) is 8.78 Å². The molecule has 19 heavy (non-hydrogen) atoms. The van der Waals surface area contributed by atoms with Crippen LogP contribution in [0.5, 0.6) is 5.75 Å². The van der Waals surface area contributed by atoms with Gasteiger partial charge < -0.3 is 10.1 Å². The summed E-state index contributed by atoms with van der Waals surface area (Å²) in [7, 11) is 0. The first kappa shape index (κ1) is 14.3. The van der Waals surface area contributed by atoms with Crippen LogP contribution in [-0.4, -0.2) is 12.7 Å². The van der Waals surface area contributed by atoms with Gasteiger partial charge in [0.05, 0.1) is 0 Å². The molecule has 1 fully saturated rings. The average Bonchev–Trinajstić information content (AvgIpc) is 2.84. The van der Waals surface area contributed by atoms with Crippen molar-refractivity contribution in [2.75, 3.05) is 0 Å². The van der Waals surface area contributed by atoms with Crippen LogP contribution in [-0.2, 0) is 6.54 Å². The molecule has 1 N–H and O–H groups in total. The predicted molar refractivity (Wildman–Crippen MR) is 71.3 cm³/mol. The highest BCUT2D eigenvalue weighted by atomic mass is 19.3. The minimum absolute atomic E-state index is 0.214. The van der Waals surface area contributed by atoms with Crippen molar-refractivity contribution in [2.45, 2.75) is 51.8 Å². The molecule has 1 aromatic rings. The Labute approximate surface area is 113 Å². The number of halogens is 2. The van der Waals surface area contributed by atoms with Crippen molar-refractivity contribution in [2.24, 2.45) is 5.92 Å². The lowest BCUT2D eigenvalue weighted by Gasteiger charge is -2.19. The topological polar surface area (TPSA) is 21.3 Å². The highest BCUT2D eigenvalue weighted by molar-refractivity contribution is 5.27. The molecule has 2 unspecified atom stereocenters. The molecule has 2 rings (SSSR count). The fraction of sp³-hybridized carbons (Fsp3) is 0.600. The zero-order chi connectivity index (χ0) is 13.7. The number of hydrogen-bond donors (Lipinski definition) is 1. The molecule has 0 saturated heterocycles. The van der Waals surface area contributed by atoms with Gasteiger partial charge in [-0.25, -0.2) is 0 Å². The molecule has 1 aromatic carbocycles. The smallest absolute Gasteiger partial charge is 0.387 e. The van der Waals surface area contributed by atoms with Crippen LogP contribution < -0.4 is 10.1 Å². The van der Waals surface area contributed by atoms with Gasteiger partial charge in [-0.3, -0.25) is 0 Å². The van der Waals surface area contributed by atoms with Gasteiger partial charge in [0.15, 0.2) is 0 Å². The molecule has 106 valence electrons. The van der Waals surface area contributed by atoms with Crippen LogP contribution in [0.1, 0.15) is 38.2 Å². The number of rotatable bonds is 6. The van der Waals surface area contributed by atoms with Gasteiger partial charge in [0.25, 0.3) is 0 Å². The lowest BCUT2D eigenvalue weighted by molar-refractivity contribution is -0.0498. The van der Waals surface area contributed by atoms with E-state index in [1.54, 1.807) is 12.1 Å². The Morgan fingerprint density at radius 2 is 2.00 bits per heavy atom. The van der Waals surface area contributed by atoms with Gasteiger partial charge >= 0.3 is 6.61 Å². The van der Waals surface area contributed by atoms with Gasteiger partial charge in [0.2, 0.25) is 0 Å². The second-order valence-electron chi connectivity index (χ2n) is 5.11. The molecule has 0 bridgehead atoms. The highest BCUT2D eigenvalue weighted by Gasteiger charge is 2.24. The average molecular weight is 269 g/mol. The van der Waals surface area contributed by atoms with Crippen molar-refractivity contribution in [1.82, 2.24) is 5.32 Å². The van der Waals surface area contributed by atoms with Crippen molar-refractivity contribution in [1.29, 1.82) is 0 Å². The van der Waals surface area contributed by atoms with E-state index < -0.39 is 6.61 Å². The molecule has 0 amide bonds. The van der Waals surface area contributed by atoms with E-state index in [-0.39, 0.29) is 5.75 Å². The highest BCUT2D eigenvalue weighted by Crippen LogP contribution is 2.28. The van der Waals surface area contributed by atoms with Crippen LogP contribution in [0, 0.1) is 5.92 Å². The Bertz CT molecular complexity index is 380. The zero-order valence-corrected chi connectivity index (χ0v) is 11.2. The maximum atomic E-state index is 12.0. The predicted octanol–water partition coefficient (Wildman–Crippen LogP) is 3.96. The molecule has 2 atom stereocenters. The first-order valence-corrected chi connectivity index (χ1v) is 6.96. The third-order valence-electron chi connectivity index (χ3n) is 3.90. The summed E-state index contributed by atoms with van der Waals surface area (Å²) in [6, 6.07) is 7.45. The summed E-state index contributed by atoms with van der Waals surface area (Å²) in [5, 5.41) is 3.57. The fourth-order valence-electron chi connectivity index (χ4n) is 2.83. The summed E-state index contributed by atoms with van der Waals surface area (Å²) in [5.41, 5.74) is 1.10. The molecule has 2 nitrogen and oxygen atoms in total. The molecule has 4 heteroatoms. The summed E-state index contributed by atoms with van der Waals surface area (Å²) in [6.45, 7) is 0.268. The minimum Gasteiger partial charge on any atom is -0.435 e. The van der Waals surface area contributed by atoms with Crippen LogP contribution in [0.2, 0.25) is 0 Å². The third kappa shape index (κ3) is 4.16. The van der Waals surface area contributed by atoms with Crippen LogP contribution in [0.25, 0.3) is 0 Å². The monoisotopic (exact) mass is 269 g/mol. The molecular formula is C15H21F2NO. The maximum absolute atomic E-state index is 12.0. The first-order chi connectivity index (χ1) is 9.19. The number of nitrogens with one attached hydrogen (secondary N) is 1. The van der Waals surface area contributed by atoms with Gasteiger partial charge in [0, 0.05) is 12.6 Å². The molecular weight excluding hydrogens is 248 g/mol. The molecule has 0 aromatic heterocycles. The summed E-state index contributed by atoms with van der Waals surface area (Å²) in [6.07, 6.45) is 5.08. The maximum Gasteiger partial charge on any atom is 0.387 e. The molecule has 0 aliphatic heterocycles. The van der Waals surface area contributed by atoms with Gasteiger partial charge in [-0.2, -0.15) is 8.78 Å². The minimum atomic E-state index is -2.76. The van der Waals surface area contributed by atoms with Crippen LogP contribution in [0.3, 0.4) is 0 Å². The lowest BCUT2D eigenvalue weighted by atomic mass is 10.0. The second kappa shape index (κ2) is 6.85. The fourth-order valence-corrected chi connectivity index (χ4v) is 2.83. The van der Waals surface area contributed by atoms with E-state index >= 15 is 0 Å². The van der Waals surface area contributed by atoms with Gasteiger partial charge in [-0.15, -0.1) is 0 Å². The molecule has 1 aliphatic rings. The summed E-state index contributed by atoms with van der Waals surface area (Å²) >= 11 is 0. The number of ether oxygens (including phenoxy) is 1. The zero-order valence-electron chi connectivity index (χ0n) is 11.2. The normalized spacial score (nSPS) is 22.9. The van der Waals surface area contributed by atoms with E-state index in [4.69, 9.17) is 0 Å². The van der Waals surface area contributed by atoms with E-state index in [2.05, 4.69) is 17.0 Å². The number of hydrogen-bond acceptors (Lipinski definition) is 2. The number of alkyl halides is 2. The Hall–Kier alpha value is -1.16. The van der Waals surface area contributed by atoms with E-state index in [0.717, 1.165) is 18.0 Å². The molecule has 0 heterocycles. The van der Waals surface area contributed by atoms with Crippen molar-refractivity contribution < 1.29 is 13.5 Å². The Kier molecular flexibility index (Phi) is 5.14. The third-order valence-corrected chi connectivity index (χ3v) is 3.90. The largest absolute Gasteiger partial charge is 0.435 e. The lowest BCUT2D eigenvalue weighted by Crippen LogP contribution is -2.31. The first-order valence-electron chi connectivity index (χ1n) is 6.96. The van der Waals surface area contributed by atoms with E-state index in [9.17, 15) is 8.78 Å². The Morgan fingerprint density at radius 3 is 2.63 bits per heavy atom. The van der Waals surface area contributed by atoms with Gasteiger partial charge in [-0.1, -0.05) is 31.9 Å². The van der Waals surface area contributed by atoms with Gasteiger partial charge in [0.1, 0.15) is 5.75 Å². The van der Waals surface area contributed by atoms with Crippen molar-refractivity contribution in [3.8, 4) is 5.75 Å². The summed E-state index contributed by atoms with van der Waals surface area (Å²) < 4.78 is 28.4. The second-order valence-corrected chi connectivity index (χ2v) is 5.11. The Balaban J connectivity index is 1.82. The number of benzene rings is 1. The van der Waals surface area contributed by atoms with Crippen molar-refractivity contribution in [3.63, 3.8) is 0 Å². The van der Waals surface area contributed by atoms with Gasteiger partial charge in [-0.05, 0) is 36.5 Å². The molecule has 1 saturated carbocycles. The van der Waals surface area contributed by atoms with Crippen LogP contribution >= 0.6 is 0 Å². The van der Waals surface area contributed by atoms with Crippen LogP contribution in [0.15, 0.2) is 24.3 Å². The molecule has 0 spiro atoms. The summed E-state index contributed by atoms with van der Waals surface area (Å²) in [5.74, 6) is 0.993. The molecule has 1 aliphatic carbocycles. The van der Waals surface area contributed by atoms with E-state index in [0.29, 0.717) is 6.04 Å². The van der Waals surface area contributed by atoms with Crippen molar-refractivity contribution in [3.05, 3.63) is 29.8 Å².